The third kappa shape index (κ3) is 5.29. The van der Waals surface area contributed by atoms with E-state index >= 15 is 0 Å². The molecule has 3 aromatic carbocycles. The number of para-hydroxylation sites is 1. The van der Waals surface area contributed by atoms with E-state index in [2.05, 4.69) is 10.6 Å². The van der Waals surface area contributed by atoms with Crippen LogP contribution in [0.5, 0.6) is 0 Å². The Morgan fingerprint density at radius 1 is 1.03 bits per heavy atom. The maximum atomic E-state index is 13.0. The molecule has 174 valence electrons. The number of hydrogen-bond acceptors (Lipinski definition) is 3. The molecule has 2 N–H and O–H groups in total. The normalized spacial score (nSPS) is 15.3. The Balaban J connectivity index is 1.42. The highest BCUT2D eigenvalue weighted by molar-refractivity contribution is 6.31. The van der Waals surface area contributed by atoms with Crippen LogP contribution >= 0.6 is 11.6 Å². The van der Waals surface area contributed by atoms with Gasteiger partial charge in [0.25, 0.3) is 5.91 Å². The van der Waals surface area contributed by atoms with Crippen LogP contribution in [0.3, 0.4) is 0 Å². The molecule has 0 spiro atoms. The standard InChI is InChI=1S/C27H26ClN3O3/c1-17-7-10-19(11-8-17)15-29-27(34)22-5-3-4-6-24(22)30-26(33)20-13-25(32)31(16-20)21-12-9-18(2)23(28)14-21/h3-12,14,20H,13,15-16H2,1-2H3,(H,29,34)(H,30,33). The van der Waals surface area contributed by atoms with Gasteiger partial charge in [-0.15, -0.1) is 0 Å². The summed E-state index contributed by atoms with van der Waals surface area (Å²) in [5, 5.41) is 6.32. The lowest BCUT2D eigenvalue weighted by Crippen LogP contribution is -2.29. The number of benzene rings is 3. The average Bonchev–Trinajstić information content (AvgIpc) is 3.22. The first-order chi connectivity index (χ1) is 16.3. The lowest BCUT2D eigenvalue weighted by molar-refractivity contribution is -0.122. The Kier molecular flexibility index (Phi) is 6.98. The number of nitrogens with one attached hydrogen (secondary N) is 2. The predicted molar refractivity (Wildman–Crippen MR) is 134 cm³/mol. The first-order valence-electron chi connectivity index (χ1n) is 11.1. The van der Waals surface area contributed by atoms with Gasteiger partial charge in [-0.25, -0.2) is 0 Å². The van der Waals surface area contributed by atoms with E-state index in [1.165, 1.54) is 0 Å². The zero-order chi connectivity index (χ0) is 24.2. The first kappa shape index (κ1) is 23.5. The highest BCUT2D eigenvalue weighted by Crippen LogP contribution is 2.29. The summed E-state index contributed by atoms with van der Waals surface area (Å²) >= 11 is 6.21. The molecule has 1 saturated heterocycles. The summed E-state index contributed by atoms with van der Waals surface area (Å²) in [5.41, 5.74) is 4.52. The topological polar surface area (TPSA) is 78.5 Å². The maximum Gasteiger partial charge on any atom is 0.253 e. The van der Waals surface area contributed by atoms with Crippen LogP contribution in [0.4, 0.5) is 11.4 Å². The number of amides is 3. The molecule has 1 aliphatic heterocycles. The molecular weight excluding hydrogens is 450 g/mol. The summed E-state index contributed by atoms with van der Waals surface area (Å²) in [6.45, 7) is 4.54. The van der Waals surface area contributed by atoms with Gasteiger partial charge >= 0.3 is 0 Å². The Morgan fingerprint density at radius 3 is 2.50 bits per heavy atom. The molecular formula is C27H26ClN3O3. The minimum atomic E-state index is -0.531. The lowest BCUT2D eigenvalue weighted by atomic mass is 10.1. The van der Waals surface area contributed by atoms with E-state index < -0.39 is 5.92 Å². The Bertz CT molecular complexity index is 1240. The highest BCUT2D eigenvalue weighted by atomic mass is 35.5. The molecule has 0 radical (unpaired) electrons. The Morgan fingerprint density at radius 2 is 1.76 bits per heavy atom. The first-order valence-corrected chi connectivity index (χ1v) is 11.5. The van der Waals surface area contributed by atoms with Gasteiger partial charge in [0, 0.05) is 30.2 Å². The fourth-order valence-electron chi connectivity index (χ4n) is 3.89. The van der Waals surface area contributed by atoms with Gasteiger partial charge in [0.2, 0.25) is 11.8 Å². The monoisotopic (exact) mass is 475 g/mol. The Labute approximate surface area is 203 Å². The van der Waals surface area contributed by atoms with E-state index in [4.69, 9.17) is 11.6 Å². The van der Waals surface area contributed by atoms with E-state index in [-0.39, 0.29) is 30.7 Å². The maximum absolute atomic E-state index is 13.0. The second kappa shape index (κ2) is 10.1. The average molecular weight is 476 g/mol. The van der Waals surface area contributed by atoms with Crippen molar-refractivity contribution < 1.29 is 14.4 Å². The van der Waals surface area contributed by atoms with E-state index in [1.807, 2.05) is 50.2 Å². The molecule has 0 aliphatic carbocycles. The van der Waals surface area contributed by atoms with Crippen LogP contribution in [0, 0.1) is 19.8 Å². The quantitative estimate of drug-likeness (QED) is 0.533. The number of carbonyl (C=O) groups excluding carboxylic acids is 3. The molecule has 6 nitrogen and oxygen atoms in total. The second-order valence-electron chi connectivity index (χ2n) is 8.54. The molecule has 1 fully saturated rings. The van der Waals surface area contributed by atoms with Crippen LogP contribution in [-0.4, -0.2) is 24.3 Å². The zero-order valence-electron chi connectivity index (χ0n) is 19.1. The van der Waals surface area contributed by atoms with Gasteiger partial charge in [-0.3, -0.25) is 14.4 Å². The van der Waals surface area contributed by atoms with Crippen molar-refractivity contribution in [2.24, 2.45) is 5.92 Å². The summed E-state index contributed by atoms with van der Waals surface area (Å²) < 4.78 is 0. The number of aryl methyl sites for hydroxylation is 2. The molecule has 3 aromatic rings. The summed E-state index contributed by atoms with van der Waals surface area (Å²) in [5.74, 6) is -1.25. The van der Waals surface area contributed by atoms with Crippen LogP contribution in [0.15, 0.2) is 66.7 Å². The molecule has 0 bridgehead atoms. The van der Waals surface area contributed by atoms with Crippen LogP contribution in [0.2, 0.25) is 5.02 Å². The van der Waals surface area contributed by atoms with Crippen LogP contribution in [-0.2, 0) is 16.1 Å². The van der Waals surface area contributed by atoms with Gasteiger partial charge in [0.1, 0.15) is 0 Å². The largest absolute Gasteiger partial charge is 0.348 e. The minimum absolute atomic E-state index is 0.0963. The molecule has 34 heavy (non-hydrogen) atoms. The van der Waals surface area contributed by atoms with Gasteiger partial charge in [0.05, 0.1) is 17.2 Å². The van der Waals surface area contributed by atoms with Gasteiger partial charge < -0.3 is 15.5 Å². The third-order valence-corrected chi connectivity index (χ3v) is 6.37. The summed E-state index contributed by atoms with van der Waals surface area (Å²) in [6.07, 6.45) is 0.0963. The van der Waals surface area contributed by atoms with Crippen molar-refractivity contribution in [2.75, 3.05) is 16.8 Å². The van der Waals surface area contributed by atoms with Crippen LogP contribution in [0.25, 0.3) is 0 Å². The van der Waals surface area contributed by atoms with Crippen LogP contribution < -0.4 is 15.5 Å². The molecule has 3 amide bonds. The summed E-state index contributed by atoms with van der Waals surface area (Å²) in [7, 11) is 0. The minimum Gasteiger partial charge on any atom is -0.348 e. The Hall–Kier alpha value is -3.64. The number of anilines is 2. The number of hydrogen-bond donors (Lipinski definition) is 2. The van der Waals surface area contributed by atoms with Crippen molar-refractivity contribution in [3.05, 3.63) is 94.0 Å². The fourth-order valence-corrected chi connectivity index (χ4v) is 4.07. The number of nitrogens with zero attached hydrogens (tertiary/aromatic N) is 1. The van der Waals surface area contributed by atoms with E-state index in [1.54, 1.807) is 35.2 Å². The SMILES string of the molecule is Cc1ccc(CNC(=O)c2ccccc2NC(=O)C2CC(=O)N(c3ccc(C)c(Cl)c3)C2)cc1. The van der Waals surface area contributed by atoms with Gasteiger partial charge in [0.15, 0.2) is 0 Å². The van der Waals surface area contributed by atoms with Crippen molar-refractivity contribution in [3.8, 4) is 0 Å². The van der Waals surface area contributed by atoms with Crippen molar-refractivity contribution in [3.63, 3.8) is 0 Å². The molecule has 1 heterocycles. The summed E-state index contributed by atoms with van der Waals surface area (Å²) in [6, 6.07) is 20.2. The van der Waals surface area contributed by atoms with E-state index in [9.17, 15) is 14.4 Å². The molecule has 1 unspecified atom stereocenters. The summed E-state index contributed by atoms with van der Waals surface area (Å²) in [4.78, 5) is 40.0. The van der Waals surface area contributed by atoms with E-state index in [0.29, 0.717) is 28.5 Å². The van der Waals surface area contributed by atoms with Gasteiger partial charge in [-0.1, -0.05) is 59.6 Å². The second-order valence-corrected chi connectivity index (χ2v) is 8.95. The highest BCUT2D eigenvalue weighted by Gasteiger charge is 2.35. The molecule has 1 aliphatic rings. The zero-order valence-corrected chi connectivity index (χ0v) is 19.9. The van der Waals surface area contributed by atoms with Gasteiger partial charge in [-0.05, 0) is 49.2 Å². The molecule has 0 saturated carbocycles. The van der Waals surface area contributed by atoms with Crippen molar-refractivity contribution >= 4 is 40.7 Å². The van der Waals surface area contributed by atoms with Gasteiger partial charge in [-0.2, -0.15) is 0 Å². The molecule has 1 atom stereocenters. The number of carbonyl (C=O) groups is 3. The van der Waals surface area contributed by atoms with Crippen molar-refractivity contribution in [1.82, 2.24) is 5.32 Å². The van der Waals surface area contributed by atoms with E-state index in [0.717, 1.165) is 16.7 Å². The number of halogens is 1. The smallest absolute Gasteiger partial charge is 0.253 e. The number of rotatable bonds is 6. The molecule has 4 rings (SSSR count). The van der Waals surface area contributed by atoms with Crippen molar-refractivity contribution in [1.29, 1.82) is 0 Å². The predicted octanol–water partition coefficient (Wildman–Crippen LogP) is 4.88. The fraction of sp³-hybridized carbons (Fsp3) is 0.222. The lowest BCUT2D eigenvalue weighted by Gasteiger charge is -2.18. The third-order valence-electron chi connectivity index (χ3n) is 5.97. The molecule has 0 aromatic heterocycles. The van der Waals surface area contributed by atoms with Crippen molar-refractivity contribution in [2.45, 2.75) is 26.8 Å². The molecule has 7 heteroatoms. The van der Waals surface area contributed by atoms with Crippen LogP contribution in [0.1, 0.15) is 33.5 Å².